The molecule has 2 aliphatic rings. The number of fused-ring (bicyclic) bond motifs is 2. The van der Waals surface area contributed by atoms with Gasteiger partial charge in [0.25, 0.3) is 0 Å². The highest BCUT2D eigenvalue weighted by Gasteiger charge is 2.42. The molecule has 36 heavy (non-hydrogen) atoms. The predicted octanol–water partition coefficient (Wildman–Crippen LogP) is 2.71. The van der Waals surface area contributed by atoms with Crippen LogP contribution in [0.1, 0.15) is 45.2 Å². The van der Waals surface area contributed by atoms with Gasteiger partial charge in [0, 0.05) is 17.7 Å². The largest absolute Gasteiger partial charge is 0.507 e. The standard InChI is InChI=1S/C26H24O10/c1-33-13-8-17(29)21-20(9-13)35-25(23(32)22(21)31)12-5-14-15(10-27)24(36-26(14)18(30)6-12)11-3-4-16(28)19(7-11)34-2/h3-9,15,23-25,27-30,32H,10H2,1-2H3/t15-,23+,24+,25-/m1/s1. The van der Waals surface area contributed by atoms with E-state index in [-0.39, 0.29) is 58.0 Å². The number of phenolic OH excluding ortho intramolecular Hbond substituents is 3. The first-order valence-corrected chi connectivity index (χ1v) is 11.1. The van der Waals surface area contributed by atoms with E-state index in [2.05, 4.69) is 0 Å². The van der Waals surface area contributed by atoms with Gasteiger partial charge in [0.2, 0.25) is 5.78 Å². The third-order valence-electron chi connectivity index (χ3n) is 6.53. The van der Waals surface area contributed by atoms with Crippen molar-refractivity contribution in [3.8, 4) is 40.2 Å². The molecule has 2 aliphatic heterocycles. The van der Waals surface area contributed by atoms with Crippen molar-refractivity contribution in [3.05, 3.63) is 64.7 Å². The molecule has 0 spiro atoms. The second-order valence-corrected chi connectivity index (χ2v) is 8.58. The molecule has 2 heterocycles. The van der Waals surface area contributed by atoms with E-state index in [4.69, 9.17) is 18.9 Å². The number of Topliss-reactive ketones (excluding diaryl/α,β-unsaturated/α-hetero) is 1. The smallest absolute Gasteiger partial charge is 0.202 e. The third kappa shape index (κ3) is 3.62. The first-order valence-electron chi connectivity index (χ1n) is 11.1. The van der Waals surface area contributed by atoms with E-state index in [1.54, 1.807) is 18.2 Å². The lowest BCUT2D eigenvalue weighted by molar-refractivity contribution is 0.0209. The number of methoxy groups -OCH3 is 2. The van der Waals surface area contributed by atoms with E-state index in [9.17, 15) is 30.3 Å². The summed E-state index contributed by atoms with van der Waals surface area (Å²) in [6.45, 7) is -0.343. The van der Waals surface area contributed by atoms with Crippen molar-refractivity contribution < 1.29 is 49.3 Å². The Morgan fingerprint density at radius 3 is 2.33 bits per heavy atom. The van der Waals surface area contributed by atoms with Crippen LogP contribution in [-0.2, 0) is 0 Å². The summed E-state index contributed by atoms with van der Waals surface area (Å²) < 4.78 is 22.2. The van der Waals surface area contributed by atoms with Crippen LogP contribution in [0.25, 0.3) is 0 Å². The molecule has 5 N–H and O–H groups in total. The number of benzene rings is 3. The average Bonchev–Trinajstić information content (AvgIpc) is 3.25. The Morgan fingerprint density at radius 1 is 0.861 bits per heavy atom. The van der Waals surface area contributed by atoms with Gasteiger partial charge in [-0.3, -0.25) is 4.79 Å². The van der Waals surface area contributed by atoms with E-state index in [1.165, 1.54) is 38.5 Å². The third-order valence-corrected chi connectivity index (χ3v) is 6.53. The molecule has 4 atom stereocenters. The molecule has 0 fully saturated rings. The minimum absolute atomic E-state index is 0.0242. The first-order chi connectivity index (χ1) is 17.3. The summed E-state index contributed by atoms with van der Waals surface area (Å²) in [5.41, 5.74) is 1.16. The fraction of sp³-hybridized carbons (Fsp3) is 0.269. The Kier molecular flexibility index (Phi) is 5.77. The topological polar surface area (TPSA) is 155 Å². The van der Waals surface area contributed by atoms with Gasteiger partial charge in [-0.25, -0.2) is 0 Å². The molecule has 3 aromatic carbocycles. The van der Waals surface area contributed by atoms with Crippen LogP contribution in [0.3, 0.4) is 0 Å². The maximum atomic E-state index is 12.9. The fourth-order valence-electron chi connectivity index (χ4n) is 4.74. The molecule has 0 amide bonds. The Hall–Kier alpha value is -4.15. The van der Waals surface area contributed by atoms with Crippen LogP contribution in [0, 0.1) is 0 Å². The van der Waals surface area contributed by atoms with Crippen molar-refractivity contribution in [2.75, 3.05) is 20.8 Å². The van der Waals surface area contributed by atoms with Gasteiger partial charge in [-0.15, -0.1) is 0 Å². The Bertz CT molecular complexity index is 1350. The molecule has 10 heteroatoms. The van der Waals surface area contributed by atoms with Crippen molar-refractivity contribution in [2.24, 2.45) is 0 Å². The molecular formula is C26H24O10. The predicted molar refractivity (Wildman–Crippen MR) is 124 cm³/mol. The number of ether oxygens (including phenoxy) is 4. The number of hydrogen-bond donors (Lipinski definition) is 5. The molecule has 0 unspecified atom stereocenters. The maximum Gasteiger partial charge on any atom is 0.202 e. The summed E-state index contributed by atoms with van der Waals surface area (Å²) in [4.78, 5) is 12.9. The van der Waals surface area contributed by atoms with Crippen molar-refractivity contribution in [1.82, 2.24) is 0 Å². The quantitative estimate of drug-likeness (QED) is 0.356. The van der Waals surface area contributed by atoms with Gasteiger partial charge < -0.3 is 44.5 Å². The number of aromatic hydroxyl groups is 3. The number of ketones is 1. The number of carbonyl (C=O) groups is 1. The Labute approximate surface area is 205 Å². The lowest BCUT2D eigenvalue weighted by Crippen LogP contribution is -2.36. The Morgan fingerprint density at radius 2 is 1.64 bits per heavy atom. The van der Waals surface area contributed by atoms with Gasteiger partial charge >= 0.3 is 0 Å². The van der Waals surface area contributed by atoms with Crippen LogP contribution in [0.4, 0.5) is 0 Å². The molecular weight excluding hydrogens is 472 g/mol. The van der Waals surface area contributed by atoms with Crippen molar-refractivity contribution in [2.45, 2.75) is 24.2 Å². The number of aliphatic hydroxyl groups is 2. The highest BCUT2D eigenvalue weighted by Crippen LogP contribution is 2.52. The molecule has 0 aliphatic carbocycles. The van der Waals surface area contributed by atoms with Crippen LogP contribution in [0.2, 0.25) is 0 Å². The molecule has 3 aromatic rings. The van der Waals surface area contributed by atoms with Crippen LogP contribution >= 0.6 is 0 Å². The van der Waals surface area contributed by atoms with Gasteiger partial charge in [0.15, 0.2) is 35.2 Å². The fourth-order valence-corrected chi connectivity index (χ4v) is 4.74. The van der Waals surface area contributed by atoms with Gasteiger partial charge in [-0.1, -0.05) is 6.07 Å². The zero-order valence-corrected chi connectivity index (χ0v) is 19.3. The normalized spacial score (nSPS) is 22.3. The number of carbonyl (C=O) groups excluding carboxylic acids is 1. The molecule has 0 saturated heterocycles. The number of rotatable bonds is 5. The van der Waals surface area contributed by atoms with Crippen molar-refractivity contribution in [3.63, 3.8) is 0 Å². The second kappa shape index (κ2) is 8.81. The average molecular weight is 496 g/mol. The van der Waals surface area contributed by atoms with Crippen molar-refractivity contribution >= 4 is 5.78 Å². The summed E-state index contributed by atoms with van der Waals surface area (Å²) in [6, 6.07) is 10.2. The minimum Gasteiger partial charge on any atom is -0.507 e. The van der Waals surface area contributed by atoms with E-state index >= 15 is 0 Å². The zero-order chi connectivity index (χ0) is 25.7. The maximum absolute atomic E-state index is 12.9. The molecule has 5 rings (SSSR count). The molecule has 10 nitrogen and oxygen atoms in total. The van der Waals surface area contributed by atoms with E-state index in [1.807, 2.05) is 0 Å². The molecule has 0 bridgehead atoms. The first kappa shape index (κ1) is 23.6. The van der Waals surface area contributed by atoms with Crippen LogP contribution in [-0.4, -0.2) is 58.2 Å². The monoisotopic (exact) mass is 496 g/mol. The summed E-state index contributed by atoms with van der Waals surface area (Å²) >= 11 is 0. The van der Waals surface area contributed by atoms with Gasteiger partial charge in [0.1, 0.15) is 28.9 Å². The van der Waals surface area contributed by atoms with E-state index in [0.717, 1.165) is 0 Å². The summed E-state index contributed by atoms with van der Waals surface area (Å²) in [6.07, 6.45) is -3.58. The second-order valence-electron chi connectivity index (χ2n) is 8.58. The van der Waals surface area contributed by atoms with Gasteiger partial charge in [-0.05, 0) is 35.4 Å². The number of hydrogen-bond acceptors (Lipinski definition) is 10. The highest BCUT2D eigenvalue weighted by molar-refractivity contribution is 6.05. The van der Waals surface area contributed by atoms with Gasteiger partial charge in [0.05, 0.1) is 26.7 Å². The zero-order valence-electron chi connectivity index (χ0n) is 19.3. The van der Waals surface area contributed by atoms with Crippen LogP contribution < -0.4 is 18.9 Å². The van der Waals surface area contributed by atoms with Crippen LogP contribution in [0.15, 0.2) is 42.5 Å². The number of aliphatic hydroxyl groups excluding tert-OH is 2. The van der Waals surface area contributed by atoms with E-state index in [0.29, 0.717) is 11.1 Å². The lowest BCUT2D eigenvalue weighted by Gasteiger charge is -2.30. The minimum atomic E-state index is -1.67. The summed E-state index contributed by atoms with van der Waals surface area (Å²) in [7, 11) is 2.81. The number of phenols is 3. The molecule has 0 radical (unpaired) electrons. The van der Waals surface area contributed by atoms with Crippen molar-refractivity contribution in [1.29, 1.82) is 0 Å². The Balaban J connectivity index is 1.54. The SMILES string of the molecule is COc1cc(O)c2c(c1)O[C@H](c1cc(O)c3c(c1)[C@@H](CO)[C@H](c1ccc(O)c(OC)c1)O3)[C@@H](O)C2=O. The van der Waals surface area contributed by atoms with Gasteiger partial charge in [-0.2, -0.15) is 0 Å². The molecule has 0 aromatic heterocycles. The summed E-state index contributed by atoms with van der Waals surface area (Å²) in [5, 5.41) is 51.9. The molecule has 0 saturated carbocycles. The lowest BCUT2D eigenvalue weighted by atomic mass is 9.87. The summed E-state index contributed by atoms with van der Waals surface area (Å²) in [5.74, 6) is -1.42. The van der Waals surface area contributed by atoms with E-state index < -0.39 is 30.0 Å². The highest BCUT2D eigenvalue weighted by atomic mass is 16.5. The molecule has 188 valence electrons. The van der Waals surface area contributed by atoms with Crippen LogP contribution in [0.5, 0.6) is 40.2 Å².